The van der Waals surface area contributed by atoms with Gasteiger partial charge in [-0.25, -0.2) is 0 Å². The minimum Gasteiger partial charge on any atom is -0.394 e. The third-order valence-corrected chi connectivity index (χ3v) is 29.4. The molecule has 8 aliphatic rings. The zero-order valence-electron chi connectivity index (χ0n) is 82.4. The molecule has 0 aromatic heterocycles. The van der Waals surface area contributed by atoms with Crippen molar-refractivity contribution in [3.63, 3.8) is 0 Å². The van der Waals surface area contributed by atoms with Crippen molar-refractivity contribution in [2.24, 2.45) is 10.8 Å². The zero-order valence-corrected chi connectivity index (χ0v) is 82.4. The fourth-order valence-corrected chi connectivity index (χ4v) is 20.4. The lowest BCUT2D eigenvalue weighted by molar-refractivity contribution is -0.365. The van der Waals surface area contributed by atoms with Crippen LogP contribution in [0.25, 0.3) is 0 Å². The molecule has 0 spiro atoms. The number of rotatable bonds is 66. The van der Waals surface area contributed by atoms with Crippen LogP contribution in [0.4, 0.5) is 0 Å². The van der Waals surface area contributed by atoms with Crippen molar-refractivity contribution >= 4 is 0 Å². The molecule has 44 heteroatoms. The average molecular weight is 2060 g/mol. The Morgan fingerprint density at radius 1 is 0.204 bits per heavy atom. The summed E-state index contributed by atoms with van der Waals surface area (Å²) in [5, 5.41) is 313. The summed E-state index contributed by atoms with van der Waals surface area (Å²) in [7, 11) is 0. The summed E-state index contributed by atoms with van der Waals surface area (Å²) in [6.07, 6.45) is -43.1. The lowest BCUT2D eigenvalue weighted by atomic mass is 9.73. The summed E-state index contributed by atoms with van der Waals surface area (Å²) in [5.74, 6) is 0. The first-order valence-electron chi connectivity index (χ1n) is 52.2. The monoisotopic (exact) mass is 2060 g/mol. The smallest absolute Gasteiger partial charge is 0.187 e. The van der Waals surface area contributed by atoms with Gasteiger partial charge in [0.25, 0.3) is 0 Å². The SMILES string of the molecule is CCCCCCCCCCCCCCCCCCC(CO[C@@H]1OC(CO)[C@@H](O[C@@H]2OC(CO)[C@@H](O)[C@H](O)C2O)[C@H](O)C1O)(CO[C@@H]1OC(CO)[C@@H](O[C@@H]2OC(CO)[C@@H](O)[C@H](O)C2O)[C@H](O)C1O)Cc1ccccc1CC(CCCCCCCCCCCCCCCCCC)(CO[C@@H]1OC(CO)[C@@H](O[C@@H]2OC(CO)[C@@H](O)[C@H](O)C2O)[C@H](O)C1O)CO[C@@H]1OC(CO)[C@@H](O[C@@H]2OC(CO)[C@@H](O)[C@H](O)C2O)[C@H](O)C1O. The first-order valence-corrected chi connectivity index (χ1v) is 52.2. The Bertz CT molecular complexity index is 3100. The first-order chi connectivity index (χ1) is 68.3. The lowest BCUT2D eigenvalue weighted by Gasteiger charge is -2.47. The maximum absolute atomic E-state index is 12.3. The van der Waals surface area contributed by atoms with Crippen molar-refractivity contribution in [1.29, 1.82) is 0 Å². The normalized spacial score (nSPS) is 39.0. The number of unbranched alkanes of at least 4 members (excludes halogenated alkanes) is 30. The molecule has 0 radical (unpaired) electrons. The third kappa shape index (κ3) is 34.5. The van der Waals surface area contributed by atoms with Crippen molar-refractivity contribution < 1.29 is 219 Å². The number of hydrogen-bond donors (Lipinski definition) is 28. The van der Waals surface area contributed by atoms with Gasteiger partial charge in [0, 0.05) is 10.8 Å². The van der Waals surface area contributed by atoms with Gasteiger partial charge in [0.1, 0.15) is 195 Å². The van der Waals surface area contributed by atoms with E-state index in [1.54, 1.807) is 24.3 Å². The zero-order chi connectivity index (χ0) is 103. The molecule has 1 aromatic rings. The molecule has 830 valence electrons. The van der Waals surface area contributed by atoms with Gasteiger partial charge in [0.2, 0.25) is 0 Å². The van der Waals surface area contributed by atoms with Crippen LogP contribution in [0.2, 0.25) is 0 Å². The maximum atomic E-state index is 12.3. The summed E-state index contributed by atoms with van der Waals surface area (Å²) < 4.78 is 98.3. The second kappa shape index (κ2) is 63.2. The molecule has 1 aromatic carbocycles. The highest BCUT2D eigenvalue weighted by Gasteiger charge is 2.58. The van der Waals surface area contributed by atoms with Gasteiger partial charge in [0.15, 0.2) is 50.3 Å². The van der Waals surface area contributed by atoms with E-state index in [2.05, 4.69) is 13.8 Å². The van der Waals surface area contributed by atoms with Gasteiger partial charge in [-0.2, -0.15) is 0 Å². The molecule has 0 bridgehead atoms. The van der Waals surface area contributed by atoms with Gasteiger partial charge in [-0.3, -0.25) is 0 Å². The van der Waals surface area contributed by atoms with Crippen LogP contribution in [-0.2, 0) is 88.6 Å². The fourth-order valence-electron chi connectivity index (χ4n) is 20.4. The molecule has 8 fully saturated rings. The van der Waals surface area contributed by atoms with E-state index in [0.29, 0.717) is 49.7 Å². The Hall–Kier alpha value is -2.54. The van der Waals surface area contributed by atoms with Crippen molar-refractivity contribution in [2.75, 3.05) is 79.3 Å². The molecule has 8 aliphatic heterocycles. The second-order valence-corrected chi connectivity index (χ2v) is 40.5. The number of aliphatic hydroxyl groups is 28. The van der Waals surface area contributed by atoms with E-state index in [0.717, 1.165) is 89.9 Å². The summed E-state index contributed by atoms with van der Waals surface area (Å²) >= 11 is 0. The predicted molar refractivity (Wildman–Crippen MR) is 496 cm³/mol. The predicted octanol–water partition coefficient (Wildman–Crippen LogP) is -3.39. The molecule has 16 unspecified atom stereocenters. The first kappa shape index (κ1) is 123. The number of hydrogen-bond acceptors (Lipinski definition) is 44. The van der Waals surface area contributed by atoms with Crippen LogP contribution in [0.5, 0.6) is 0 Å². The van der Waals surface area contributed by atoms with Crippen LogP contribution in [0.1, 0.15) is 243 Å². The minimum absolute atomic E-state index is 0.0876. The highest BCUT2D eigenvalue weighted by molar-refractivity contribution is 5.30. The molecular weight excluding hydrogens is 1880 g/mol. The van der Waals surface area contributed by atoms with Crippen molar-refractivity contribution in [2.45, 2.75) is 491 Å². The molecule has 9 rings (SSSR count). The summed E-state index contributed by atoms with van der Waals surface area (Å²) in [5.41, 5.74) is -2.17. The molecule has 0 aliphatic carbocycles. The molecular formula is C98H174O44. The summed E-state index contributed by atoms with van der Waals surface area (Å²) in [4.78, 5) is 0. The highest BCUT2D eigenvalue weighted by atomic mass is 16.8. The number of benzene rings is 1. The Morgan fingerprint density at radius 2 is 0.373 bits per heavy atom. The standard InChI is InChI=1S/C98H174O44/c1-3-5-7-9-11-13-15-17-19-21-23-25-27-29-31-35-39-97(51-127-89-81(123)73(115)85(61(47-103)135-89)139-93-77(119)69(111)65(107)57(43-99)131-93,52-128-90-82(124)74(116)86(62(48-104)136-90)140-94-78(120)70(112)66(108)58(44-100)132-94)41-55-37-33-34-38-56(55)42-98(40-36-32-30-28-26-24-22-20-18-16-14-12-10-8-6-4-2,53-129-91-83(125)75(117)87(63(49-105)137-91)141-95-79(121)71(113)67(109)59(45-101)133-95)54-130-92-84(126)76(118)88(64(50-106)138-92)142-96-80(122)72(114)68(110)60(46-102)134-96/h33-34,37-38,57-96,99-126H,3-32,35-36,39-54H2,1-2H3/t57?,58?,59?,60?,61?,62?,63?,64?,65-,66-,67-,68-,69+,70+,71+,72+,73-,74-,75-,76-,77?,78?,79?,80?,81?,82?,83?,84?,85-,86-,87-,88-,89-,90-,91-,92-,93+,94+,95+,96+,97?,98?/m1/s1. The van der Waals surface area contributed by atoms with Gasteiger partial charge in [-0.05, 0) is 36.8 Å². The van der Waals surface area contributed by atoms with E-state index >= 15 is 0 Å². The van der Waals surface area contributed by atoms with Crippen LogP contribution in [0.15, 0.2) is 24.3 Å². The average Bonchev–Trinajstić information content (AvgIpc) is 0.796. The van der Waals surface area contributed by atoms with E-state index in [1.165, 1.54) is 77.0 Å². The Labute approximate surface area is 831 Å². The van der Waals surface area contributed by atoms with Crippen LogP contribution in [0.3, 0.4) is 0 Å². The van der Waals surface area contributed by atoms with Crippen LogP contribution in [0, 0.1) is 10.8 Å². The van der Waals surface area contributed by atoms with Crippen molar-refractivity contribution in [3.05, 3.63) is 35.4 Å². The second-order valence-electron chi connectivity index (χ2n) is 40.5. The molecule has 142 heavy (non-hydrogen) atoms. The fraction of sp³-hybridized carbons (Fsp3) is 0.939. The highest BCUT2D eigenvalue weighted by Crippen LogP contribution is 2.44. The molecule has 8 saturated heterocycles. The number of ether oxygens (including phenoxy) is 16. The van der Waals surface area contributed by atoms with E-state index in [9.17, 15) is 143 Å². The Balaban J connectivity index is 1.11. The molecule has 28 N–H and O–H groups in total. The van der Waals surface area contributed by atoms with Crippen molar-refractivity contribution in [1.82, 2.24) is 0 Å². The van der Waals surface area contributed by atoms with E-state index in [1.807, 2.05) is 0 Å². The van der Waals surface area contributed by atoms with E-state index in [-0.39, 0.29) is 25.7 Å². The topological polar surface area (TPSA) is 714 Å². The van der Waals surface area contributed by atoms with Gasteiger partial charge in [-0.15, -0.1) is 0 Å². The van der Waals surface area contributed by atoms with E-state index < -0.39 is 336 Å². The van der Waals surface area contributed by atoms with Crippen LogP contribution < -0.4 is 0 Å². The number of aliphatic hydroxyl groups excluding tert-OH is 28. The Kier molecular flexibility index (Phi) is 54.7. The van der Waals surface area contributed by atoms with Gasteiger partial charge in [-0.1, -0.05) is 244 Å². The summed E-state index contributed by atoms with van der Waals surface area (Å²) in [6, 6.07) is 6.93. The molecule has 0 saturated carbocycles. The van der Waals surface area contributed by atoms with E-state index in [4.69, 9.17) is 75.8 Å². The third-order valence-electron chi connectivity index (χ3n) is 29.4. The van der Waals surface area contributed by atoms with Crippen LogP contribution in [-0.4, -0.2) is 468 Å². The van der Waals surface area contributed by atoms with Gasteiger partial charge >= 0.3 is 0 Å². The van der Waals surface area contributed by atoms with Crippen LogP contribution >= 0.6 is 0 Å². The molecule has 40 atom stereocenters. The summed E-state index contributed by atoms with van der Waals surface area (Å²) in [6.45, 7) is -5.29. The lowest BCUT2D eigenvalue weighted by Crippen LogP contribution is -2.65. The largest absolute Gasteiger partial charge is 0.394 e. The van der Waals surface area contributed by atoms with Gasteiger partial charge in [0.05, 0.1) is 79.3 Å². The molecule has 44 nitrogen and oxygen atoms in total. The minimum atomic E-state index is -2.11. The molecule has 8 heterocycles. The Morgan fingerprint density at radius 3 is 0.556 bits per heavy atom. The van der Waals surface area contributed by atoms with Crippen molar-refractivity contribution in [3.8, 4) is 0 Å². The quantitative estimate of drug-likeness (QED) is 0.0283. The molecule has 0 amide bonds. The maximum Gasteiger partial charge on any atom is 0.187 e. The van der Waals surface area contributed by atoms with Gasteiger partial charge < -0.3 is 219 Å².